The Balaban J connectivity index is 1.71. The quantitative estimate of drug-likeness (QED) is 0.782. The van der Waals surface area contributed by atoms with Crippen molar-refractivity contribution in [3.63, 3.8) is 0 Å². The van der Waals surface area contributed by atoms with Crippen LogP contribution < -0.4 is 9.64 Å². The molecule has 146 valence electrons. The lowest BCUT2D eigenvalue weighted by atomic mass is 10.2. The Hall–Kier alpha value is -2.12. The van der Waals surface area contributed by atoms with Crippen molar-refractivity contribution in [3.8, 4) is 5.75 Å². The number of aryl methyl sites for hydroxylation is 1. The van der Waals surface area contributed by atoms with Crippen molar-refractivity contribution in [3.05, 3.63) is 53.8 Å². The first-order valence-corrected chi connectivity index (χ1v) is 10.5. The van der Waals surface area contributed by atoms with E-state index in [1.165, 1.54) is 16.4 Å². The smallest absolute Gasteiger partial charge is 0.243 e. The Morgan fingerprint density at radius 3 is 2.19 bits per heavy atom. The van der Waals surface area contributed by atoms with Gasteiger partial charge in [-0.2, -0.15) is 4.31 Å². The SMILES string of the molecule is Cc1cc(S(=O)(=O)N2CCN(c3ccc(F)cc3)CC2)ccc1OC(C)C. The lowest BCUT2D eigenvalue weighted by molar-refractivity contribution is 0.240. The molecule has 7 heteroatoms. The molecule has 1 aliphatic rings. The van der Waals surface area contributed by atoms with E-state index >= 15 is 0 Å². The second kappa shape index (κ2) is 7.86. The van der Waals surface area contributed by atoms with Gasteiger partial charge in [-0.1, -0.05) is 0 Å². The molecule has 27 heavy (non-hydrogen) atoms. The van der Waals surface area contributed by atoms with Crippen molar-refractivity contribution in [1.29, 1.82) is 0 Å². The van der Waals surface area contributed by atoms with Crippen LogP contribution in [0, 0.1) is 12.7 Å². The highest BCUT2D eigenvalue weighted by atomic mass is 32.2. The molecule has 1 aliphatic heterocycles. The van der Waals surface area contributed by atoms with Crippen LogP contribution in [0.4, 0.5) is 10.1 Å². The maximum atomic E-state index is 13.1. The third-order valence-corrected chi connectivity index (χ3v) is 6.47. The Labute approximate surface area is 160 Å². The Kier molecular flexibility index (Phi) is 5.72. The van der Waals surface area contributed by atoms with Gasteiger partial charge in [0.1, 0.15) is 11.6 Å². The van der Waals surface area contributed by atoms with Crippen LogP contribution in [0.3, 0.4) is 0 Å². The maximum absolute atomic E-state index is 13.1. The fourth-order valence-electron chi connectivity index (χ4n) is 3.16. The largest absolute Gasteiger partial charge is 0.491 e. The fraction of sp³-hybridized carbons (Fsp3) is 0.400. The second-order valence-corrected chi connectivity index (χ2v) is 8.90. The number of hydrogen-bond donors (Lipinski definition) is 0. The van der Waals surface area contributed by atoms with Gasteiger partial charge in [0.25, 0.3) is 0 Å². The number of nitrogens with zero attached hydrogens (tertiary/aromatic N) is 2. The maximum Gasteiger partial charge on any atom is 0.243 e. The van der Waals surface area contributed by atoms with Crippen LogP contribution in [0.5, 0.6) is 5.75 Å². The molecule has 0 N–H and O–H groups in total. The molecule has 0 spiro atoms. The number of hydrogen-bond acceptors (Lipinski definition) is 4. The van der Waals surface area contributed by atoms with Crippen LogP contribution >= 0.6 is 0 Å². The number of anilines is 1. The van der Waals surface area contributed by atoms with E-state index in [4.69, 9.17) is 4.74 Å². The minimum Gasteiger partial charge on any atom is -0.491 e. The summed E-state index contributed by atoms with van der Waals surface area (Å²) in [6.45, 7) is 7.64. The van der Waals surface area contributed by atoms with Crippen LogP contribution in [0.25, 0.3) is 0 Å². The van der Waals surface area contributed by atoms with Crippen molar-refractivity contribution in [2.24, 2.45) is 0 Å². The van der Waals surface area contributed by atoms with Gasteiger partial charge in [-0.15, -0.1) is 0 Å². The Morgan fingerprint density at radius 2 is 1.63 bits per heavy atom. The molecule has 1 heterocycles. The molecule has 1 saturated heterocycles. The van der Waals surface area contributed by atoms with Crippen molar-refractivity contribution < 1.29 is 17.5 Å². The molecule has 2 aromatic carbocycles. The van der Waals surface area contributed by atoms with Crippen LogP contribution in [0.1, 0.15) is 19.4 Å². The summed E-state index contributed by atoms with van der Waals surface area (Å²) in [6.07, 6.45) is 0.0331. The van der Waals surface area contributed by atoms with Gasteiger partial charge in [-0.3, -0.25) is 0 Å². The van der Waals surface area contributed by atoms with Crippen LogP contribution in [-0.4, -0.2) is 45.0 Å². The Bertz CT molecular complexity index is 890. The molecule has 2 aromatic rings. The molecule has 0 aliphatic carbocycles. The van der Waals surface area contributed by atoms with E-state index in [1.54, 1.807) is 30.3 Å². The standard InChI is InChI=1S/C20H25FN2O3S/c1-15(2)26-20-9-8-19(14-16(20)3)27(24,25)23-12-10-22(11-13-23)18-6-4-17(21)5-7-18/h4-9,14-15H,10-13H2,1-3H3. The summed E-state index contributed by atoms with van der Waals surface area (Å²) in [5.41, 5.74) is 1.70. The van der Waals surface area contributed by atoms with E-state index in [9.17, 15) is 12.8 Å². The highest BCUT2D eigenvalue weighted by Gasteiger charge is 2.29. The number of rotatable bonds is 5. The van der Waals surface area contributed by atoms with E-state index in [-0.39, 0.29) is 16.8 Å². The first-order chi connectivity index (χ1) is 12.8. The van der Waals surface area contributed by atoms with E-state index < -0.39 is 10.0 Å². The predicted molar refractivity (Wildman–Crippen MR) is 104 cm³/mol. The number of sulfonamides is 1. The van der Waals surface area contributed by atoms with Crippen LogP contribution in [-0.2, 0) is 10.0 Å². The number of benzene rings is 2. The third kappa shape index (κ3) is 4.42. The minimum atomic E-state index is -3.55. The lowest BCUT2D eigenvalue weighted by Gasteiger charge is -2.35. The van der Waals surface area contributed by atoms with Gasteiger partial charge in [0.15, 0.2) is 0 Å². The molecule has 5 nitrogen and oxygen atoms in total. The van der Waals surface area contributed by atoms with E-state index in [0.717, 1.165) is 11.3 Å². The van der Waals surface area contributed by atoms with E-state index in [2.05, 4.69) is 4.90 Å². The van der Waals surface area contributed by atoms with Crippen molar-refractivity contribution in [2.45, 2.75) is 31.8 Å². The average Bonchev–Trinajstić information content (AvgIpc) is 2.64. The average molecular weight is 392 g/mol. The highest BCUT2D eigenvalue weighted by Crippen LogP contribution is 2.26. The normalized spacial score (nSPS) is 16.0. The van der Waals surface area contributed by atoms with Gasteiger partial charge < -0.3 is 9.64 Å². The van der Waals surface area contributed by atoms with Gasteiger partial charge in [0, 0.05) is 31.9 Å². The third-order valence-electron chi connectivity index (χ3n) is 4.58. The zero-order valence-electron chi connectivity index (χ0n) is 15.9. The zero-order chi connectivity index (χ0) is 19.6. The van der Waals surface area contributed by atoms with Crippen molar-refractivity contribution in [1.82, 2.24) is 4.31 Å². The highest BCUT2D eigenvalue weighted by molar-refractivity contribution is 7.89. The van der Waals surface area contributed by atoms with Gasteiger partial charge >= 0.3 is 0 Å². The van der Waals surface area contributed by atoms with E-state index in [0.29, 0.717) is 31.9 Å². The molecule has 0 bridgehead atoms. The first-order valence-electron chi connectivity index (χ1n) is 9.05. The fourth-order valence-corrected chi connectivity index (χ4v) is 4.66. The van der Waals surface area contributed by atoms with Gasteiger partial charge in [-0.25, -0.2) is 12.8 Å². The van der Waals surface area contributed by atoms with Crippen LogP contribution in [0.2, 0.25) is 0 Å². The zero-order valence-corrected chi connectivity index (χ0v) is 16.7. The molecular formula is C20H25FN2O3S. The summed E-state index contributed by atoms with van der Waals surface area (Å²) in [7, 11) is -3.55. The lowest BCUT2D eigenvalue weighted by Crippen LogP contribution is -2.48. The molecule has 1 fully saturated rings. The van der Waals surface area contributed by atoms with Gasteiger partial charge in [-0.05, 0) is 68.8 Å². The summed E-state index contributed by atoms with van der Waals surface area (Å²) in [5.74, 6) is 0.422. The second-order valence-electron chi connectivity index (χ2n) is 6.96. The summed E-state index contributed by atoms with van der Waals surface area (Å²) >= 11 is 0. The molecule has 0 aromatic heterocycles. The topological polar surface area (TPSA) is 49.9 Å². The predicted octanol–water partition coefficient (Wildman–Crippen LogP) is 3.43. The van der Waals surface area contributed by atoms with E-state index in [1.807, 2.05) is 20.8 Å². The number of ether oxygens (including phenoxy) is 1. The molecule has 0 saturated carbocycles. The molecule has 0 radical (unpaired) electrons. The minimum absolute atomic E-state index is 0.0331. The summed E-state index contributed by atoms with van der Waals surface area (Å²) in [4.78, 5) is 2.35. The van der Waals surface area contributed by atoms with Gasteiger partial charge in [0.05, 0.1) is 11.0 Å². The monoisotopic (exact) mass is 392 g/mol. The summed E-state index contributed by atoms with van der Waals surface area (Å²) < 4.78 is 46.2. The summed E-state index contributed by atoms with van der Waals surface area (Å²) in [6, 6.07) is 11.3. The number of halogens is 1. The van der Waals surface area contributed by atoms with Crippen LogP contribution in [0.15, 0.2) is 47.4 Å². The van der Waals surface area contributed by atoms with Gasteiger partial charge in [0.2, 0.25) is 10.0 Å². The van der Waals surface area contributed by atoms with Crippen molar-refractivity contribution >= 4 is 15.7 Å². The molecule has 0 amide bonds. The molecule has 3 rings (SSSR count). The molecule has 0 unspecified atom stereocenters. The first kappa shape index (κ1) is 19.6. The molecular weight excluding hydrogens is 367 g/mol. The molecule has 0 atom stereocenters. The van der Waals surface area contributed by atoms with Crippen molar-refractivity contribution in [2.75, 3.05) is 31.1 Å². The Morgan fingerprint density at radius 1 is 1.00 bits per heavy atom. The summed E-state index contributed by atoms with van der Waals surface area (Å²) in [5, 5.41) is 0. The number of piperazine rings is 1.